The van der Waals surface area contributed by atoms with Crippen molar-refractivity contribution in [1.29, 1.82) is 0 Å². The van der Waals surface area contributed by atoms with Crippen molar-refractivity contribution in [3.63, 3.8) is 0 Å². The fraction of sp³-hybridized carbons (Fsp3) is 0.143. The van der Waals surface area contributed by atoms with Crippen LogP contribution >= 0.6 is 11.3 Å². The SMILES string of the molecule is CC(=O)Nc1ccc(C(=O)Nc2ccc(F)c(NS(C)(=O)=O)c2)s1. The number of carbonyl (C=O) groups is 2. The van der Waals surface area contributed by atoms with E-state index in [1.807, 2.05) is 4.72 Å². The van der Waals surface area contributed by atoms with Crippen LogP contribution in [-0.2, 0) is 14.8 Å². The summed E-state index contributed by atoms with van der Waals surface area (Å²) in [6.07, 6.45) is 0.896. The molecular formula is C14H14FN3O4S2. The van der Waals surface area contributed by atoms with E-state index in [9.17, 15) is 22.4 Å². The van der Waals surface area contributed by atoms with Gasteiger partial charge in [-0.05, 0) is 30.3 Å². The van der Waals surface area contributed by atoms with Gasteiger partial charge in [-0.3, -0.25) is 14.3 Å². The third kappa shape index (κ3) is 5.03. The molecule has 1 heterocycles. The first-order chi connectivity index (χ1) is 11.1. The summed E-state index contributed by atoms with van der Waals surface area (Å²) >= 11 is 1.08. The van der Waals surface area contributed by atoms with Crippen LogP contribution in [0.25, 0.3) is 0 Å². The molecule has 0 aliphatic heterocycles. The monoisotopic (exact) mass is 371 g/mol. The number of benzene rings is 1. The summed E-state index contributed by atoms with van der Waals surface area (Å²) < 4.78 is 38.0. The van der Waals surface area contributed by atoms with Gasteiger partial charge in [0.2, 0.25) is 15.9 Å². The van der Waals surface area contributed by atoms with Crippen molar-refractivity contribution in [2.75, 3.05) is 21.6 Å². The Morgan fingerprint density at radius 3 is 2.46 bits per heavy atom. The maximum Gasteiger partial charge on any atom is 0.265 e. The van der Waals surface area contributed by atoms with E-state index in [1.165, 1.54) is 25.1 Å². The fourth-order valence-corrected chi connectivity index (χ4v) is 3.18. The van der Waals surface area contributed by atoms with Gasteiger partial charge in [-0.1, -0.05) is 0 Å². The number of rotatable bonds is 5. The minimum Gasteiger partial charge on any atom is -0.321 e. The third-order valence-corrected chi connectivity index (χ3v) is 4.24. The highest BCUT2D eigenvalue weighted by atomic mass is 32.2. The van der Waals surface area contributed by atoms with E-state index >= 15 is 0 Å². The Balaban J connectivity index is 2.15. The Hall–Kier alpha value is -2.46. The van der Waals surface area contributed by atoms with Gasteiger partial charge >= 0.3 is 0 Å². The molecule has 2 rings (SSSR count). The number of halogens is 1. The summed E-state index contributed by atoms with van der Waals surface area (Å²) in [5.74, 6) is -1.48. The van der Waals surface area contributed by atoms with Crippen molar-refractivity contribution in [3.05, 3.63) is 41.0 Å². The van der Waals surface area contributed by atoms with Crippen LogP contribution in [0.2, 0.25) is 0 Å². The standard InChI is InChI=1S/C14H14FN3O4S2/c1-8(19)16-13-6-5-12(23-13)14(20)17-9-3-4-10(15)11(7-9)18-24(2,21)22/h3-7,18H,1-2H3,(H,16,19)(H,17,20). The van der Waals surface area contributed by atoms with Gasteiger partial charge < -0.3 is 10.6 Å². The predicted octanol–water partition coefficient (Wildman–Crippen LogP) is 2.47. The van der Waals surface area contributed by atoms with Crippen molar-refractivity contribution in [1.82, 2.24) is 0 Å². The summed E-state index contributed by atoms with van der Waals surface area (Å²) in [7, 11) is -3.65. The first-order valence-electron chi connectivity index (χ1n) is 6.60. The lowest BCUT2D eigenvalue weighted by atomic mass is 10.2. The second kappa shape index (κ2) is 6.97. The van der Waals surface area contributed by atoms with Crippen LogP contribution < -0.4 is 15.4 Å². The summed E-state index contributed by atoms with van der Waals surface area (Å²) in [6.45, 7) is 1.36. The average molecular weight is 371 g/mol. The number of sulfonamides is 1. The third-order valence-electron chi connectivity index (χ3n) is 2.65. The second-order valence-corrected chi connectivity index (χ2v) is 7.70. The second-order valence-electron chi connectivity index (χ2n) is 4.87. The first kappa shape index (κ1) is 17.9. The molecule has 10 heteroatoms. The van der Waals surface area contributed by atoms with Gasteiger partial charge in [0.15, 0.2) is 0 Å². The van der Waals surface area contributed by atoms with Crippen LogP contribution in [-0.4, -0.2) is 26.5 Å². The van der Waals surface area contributed by atoms with Gasteiger partial charge in [-0.2, -0.15) is 0 Å². The van der Waals surface area contributed by atoms with E-state index in [2.05, 4.69) is 10.6 Å². The molecule has 128 valence electrons. The van der Waals surface area contributed by atoms with Crippen molar-refractivity contribution in [2.24, 2.45) is 0 Å². The number of anilines is 3. The van der Waals surface area contributed by atoms with Crippen molar-refractivity contribution in [2.45, 2.75) is 6.92 Å². The molecule has 0 aliphatic carbocycles. The highest BCUT2D eigenvalue weighted by Gasteiger charge is 2.13. The van der Waals surface area contributed by atoms with Crippen molar-refractivity contribution < 1.29 is 22.4 Å². The van der Waals surface area contributed by atoms with E-state index in [0.29, 0.717) is 9.88 Å². The number of carbonyl (C=O) groups excluding carboxylic acids is 2. The fourth-order valence-electron chi connectivity index (χ4n) is 1.77. The van der Waals surface area contributed by atoms with E-state index < -0.39 is 21.7 Å². The van der Waals surface area contributed by atoms with Gasteiger partial charge in [0, 0.05) is 12.6 Å². The Morgan fingerprint density at radius 1 is 1.12 bits per heavy atom. The number of amides is 2. The minimum absolute atomic E-state index is 0.224. The lowest BCUT2D eigenvalue weighted by Gasteiger charge is -2.09. The molecule has 7 nitrogen and oxygen atoms in total. The molecule has 0 saturated carbocycles. The number of hydrogen-bond acceptors (Lipinski definition) is 5. The van der Waals surface area contributed by atoms with Gasteiger partial charge in [0.25, 0.3) is 5.91 Å². The van der Waals surface area contributed by atoms with Crippen LogP contribution in [0.15, 0.2) is 30.3 Å². The molecule has 0 saturated heterocycles. The molecule has 24 heavy (non-hydrogen) atoms. The first-order valence-corrected chi connectivity index (χ1v) is 9.31. The van der Waals surface area contributed by atoms with Gasteiger partial charge in [0.1, 0.15) is 5.82 Å². The lowest BCUT2D eigenvalue weighted by Crippen LogP contribution is -2.13. The quantitative estimate of drug-likeness (QED) is 0.751. The predicted molar refractivity (Wildman–Crippen MR) is 91.4 cm³/mol. The normalized spacial score (nSPS) is 11.0. The number of hydrogen-bond donors (Lipinski definition) is 3. The number of thiophene rings is 1. The lowest BCUT2D eigenvalue weighted by molar-refractivity contribution is -0.114. The molecule has 0 radical (unpaired) electrons. The van der Waals surface area contributed by atoms with Crippen molar-refractivity contribution >= 4 is 49.6 Å². The molecular weight excluding hydrogens is 357 g/mol. The van der Waals surface area contributed by atoms with Crippen LogP contribution in [0.1, 0.15) is 16.6 Å². The zero-order valence-corrected chi connectivity index (χ0v) is 14.3. The molecule has 1 aromatic heterocycles. The topological polar surface area (TPSA) is 104 Å². The van der Waals surface area contributed by atoms with Crippen LogP contribution in [0.5, 0.6) is 0 Å². The van der Waals surface area contributed by atoms with E-state index in [4.69, 9.17) is 0 Å². The van der Waals surface area contributed by atoms with E-state index in [-0.39, 0.29) is 17.3 Å². The maximum absolute atomic E-state index is 13.6. The summed E-state index contributed by atoms with van der Waals surface area (Å²) in [5, 5.41) is 5.61. The molecule has 0 spiro atoms. The Bertz CT molecular complexity index is 893. The summed E-state index contributed by atoms with van der Waals surface area (Å²) in [5.41, 5.74) is -0.0394. The number of nitrogens with one attached hydrogen (secondary N) is 3. The Kier molecular flexibility index (Phi) is 5.20. The smallest absolute Gasteiger partial charge is 0.265 e. The van der Waals surface area contributed by atoms with Crippen LogP contribution in [0.3, 0.4) is 0 Å². The van der Waals surface area contributed by atoms with E-state index in [1.54, 1.807) is 6.07 Å². The average Bonchev–Trinajstić information content (AvgIpc) is 2.88. The molecule has 0 bridgehead atoms. The zero-order chi connectivity index (χ0) is 17.9. The van der Waals surface area contributed by atoms with Gasteiger partial charge in [-0.25, -0.2) is 12.8 Å². The van der Waals surface area contributed by atoms with Crippen LogP contribution in [0.4, 0.5) is 20.8 Å². The Morgan fingerprint density at radius 2 is 1.83 bits per heavy atom. The van der Waals surface area contributed by atoms with Gasteiger partial charge in [0.05, 0.1) is 21.8 Å². The minimum atomic E-state index is -3.65. The largest absolute Gasteiger partial charge is 0.321 e. The molecule has 2 aromatic rings. The van der Waals surface area contributed by atoms with Crippen LogP contribution in [0, 0.1) is 5.82 Å². The molecule has 0 unspecified atom stereocenters. The van der Waals surface area contributed by atoms with Gasteiger partial charge in [-0.15, -0.1) is 11.3 Å². The Labute approximate surface area is 141 Å². The summed E-state index contributed by atoms with van der Waals surface area (Å²) in [4.78, 5) is 23.5. The molecule has 3 N–H and O–H groups in total. The summed E-state index contributed by atoms with van der Waals surface area (Å²) in [6, 6.07) is 6.65. The molecule has 0 fully saturated rings. The van der Waals surface area contributed by atoms with Crippen molar-refractivity contribution in [3.8, 4) is 0 Å². The highest BCUT2D eigenvalue weighted by molar-refractivity contribution is 7.92. The molecule has 0 atom stereocenters. The molecule has 0 aliphatic rings. The zero-order valence-electron chi connectivity index (χ0n) is 12.7. The highest BCUT2D eigenvalue weighted by Crippen LogP contribution is 2.24. The molecule has 2 amide bonds. The van der Waals surface area contributed by atoms with E-state index in [0.717, 1.165) is 23.7 Å². The maximum atomic E-state index is 13.6. The molecule has 1 aromatic carbocycles.